The van der Waals surface area contributed by atoms with E-state index in [9.17, 15) is 0 Å². The fourth-order valence-corrected chi connectivity index (χ4v) is 0. The number of carboxylic acid groups (broad SMARTS) is 1. The second-order valence-electron chi connectivity index (χ2n) is 0.492. The number of aliphatic carboxylic acids is 1. The van der Waals surface area contributed by atoms with Crippen LogP contribution in [0.15, 0.2) is 0 Å². The number of carbonyl (C=O) groups excluding carboxylic acids is 1. The summed E-state index contributed by atoms with van der Waals surface area (Å²) in [5.74, 6) is -1.08. The van der Waals surface area contributed by atoms with E-state index in [0.29, 0.717) is 0 Å². The number of rotatable bonds is 0. The van der Waals surface area contributed by atoms with Gasteiger partial charge in [0.05, 0.1) is 0 Å². The number of carboxylic acids is 1. The summed E-state index contributed by atoms with van der Waals surface area (Å²) in [5.41, 5.74) is 0. The third-order valence-electron chi connectivity index (χ3n) is 0. The van der Waals surface area contributed by atoms with Gasteiger partial charge in [-0.25, -0.2) is 0 Å². The molecule has 6 heteroatoms. The molecule has 0 aromatic carbocycles. The molecular weight excluding hydrogens is 139 g/mol. The van der Waals surface area contributed by atoms with Crippen molar-refractivity contribution in [2.75, 3.05) is 0 Å². The molecule has 0 unspecified atom stereocenters. The van der Waals surface area contributed by atoms with Crippen molar-refractivity contribution in [3.63, 3.8) is 0 Å². The van der Waals surface area contributed by atoms with Crippen LogP contribution >= 0.6 is 0 Å². The minimum Gasteiger partial charge on any atom is -0.550 e. The summed E-state index contributed by atoms with van der Waals surface area (Å²) >= 11 is 0. The van der Waals surface area contributed by atoms with E-state index in [1.54, 1.807) is 0 Å². The van der Waals surface area contributed by atoms with Crippen molar-refractivity contribution in [1.82, 2.24) is 0 Å². The summed E-state index contributed by atoms with van der Waals surface area (Å²) in [6.45, 7) is 0.972. The van der Waals surface area contributed by atoms with E-state index in [4.69, 9.17) is 9.90 Å². The van der Waals surface area contributed by atoms with Crippen LogP contribution in [0, 0.1) is 0 Å². The Labute approximate surface area is 76.3 Å². The normalized spacial score (nSPS) is 2.78. The minimum atomic E-state index is -1.08. The maximum absolute atomic E-state index is 8.89. The molecule has 0 saturated carbocycles. The van der Waals surface area contributed by atoms with E-state index in [-0.39, 0.29) is 53.4 Å². The molecule has 0 bridgehead atoms. The summed E-state index contributed by atoms with van der Waals surface area (Å²) in [6.07, 6.45) is 0. The molecule has 0 radical (unpaired) electrons. The van der Waals surface area contributed by atoms with Gasteiger partial charge in [-0.1, -0.05) is 7.43 Å². The first-order chi connectivity index (χ1) is 1.73. The zero-order valence-electron chi connectivity index (χ0n) is 4.82. The van der Waals surface area contributed by atoms with Gasteiger partial charge in [0.25, 0.3) is 0 Å². The van der Waals surface area contributed by atoms with Crippen LogP contribution in [-0.2, 0) is 4.79 Å². The molecule has 56 valence electrons. The Balaban J connectivity index is -0.00000000450. The van der Waals surface area contributed by atoms with Gasteiger partial charge in [-0.3, -0.25) is 0 Å². The Morgan fingerprint density at radius 1 is 1.22 bits per heavy atom. The van der Waals surface area contributed by atoms with Crippen molar-refractivity contribution in [2.45, 2.75) is 14.4 Å². The van der Waals surface area contributed by atoms with Crippen LogP contribution in [0.2, 0.25) is 0 Å². The Morgan fingerprint density at radius 3 is 1.22 bits per heavy atom. The van der Waals surface area contributed by atoms with Gasteiger partial charge in [0.15, 0.2) is 0 Å². The van der Waals surface area contributed by atoms with Crippen LogP contribution in [0.4, 0.5) is 0 Å². The smallest absolute Gasteiger partial charge is 0.550 e. The SMILES string of the molecule is C.CC(=O)[O-].O.O.O.[Na+]. The molecule has 6 N–H and O–H groups in total. The predicted molar refractivity (Wildman–Crippen MR) is 28.3 cm³/mol. The largest absolute Gasteiger partial charge is 1.00 e. The van der Waals surface area contributed by atoms with Crippen molar-refractivity contribution >= 4 is 5.97 Å². The van der Waals surface area contributed by atoms with Gasteiger partial charge in [0, 0.05) is 5.97 Å². The summed E-state index contributed by atoms with van der Waals surface area (Å²) in [4.78, 5) is 8.89. The maximum atomic E-state index is 8.89. The second-order valence-corrected chi connectivity index (χ2v) is 0.492. The Morgan fingerprint density at radius 2 is 1.22 bits per heavy atom. The Hall–Kier alpha value is 0.350. The van der Waals surface area contributed by atoms with Crippen LogP contribution in [0.5, 0.6) is 0 Å². The maximum Gasteiger partial charge on any atom is 1.00 e. The molecule has 0 atom stereocenters. The van der Waals surface area contributed by atoms with Gasteiger partial charge in [-0.2, -0.15) is 0 Å². The van der Waals surface area contributed by atoms with Crippen LogP contribution in [0.25, 0.3) is 0 Å². The van der Waals surface area contributed by atoms with Crippen LogP contribution in [0.1, 0.15) is 14.4 Å². The summed E-state index contributed by atoms with van der Waals surface area (Å²) in [7, 11) is 0. The first-order valence-corrected chi connectivity index (χ1v) is 0.908. The van der Waals surface area contributed by atoms with Crippen LogP contribution in [0.3, 0.4) is 0 Å². The van der Waals surface area contributed by atoms with E-state index in [1.807, 2.05) is 0 Å². The third kappa shape index (κ3) is 2750. The molecule has 0 amide bonds. The van der Waals surface area contributed by atoms with E-state index in [1.165, 1.54) is 0 Å². The van der Waals surface area contributed by atoms with E-state index in [0.717, 1.165) is 6.92 Å². The van der Waals surface area contributed by atoms with Gasteiger partial charge in [0.1, 0.15) is 0 Å². The molecule has 0 aliphatic heterocycles. The first kappa shape index (κ1) is 58.1. The average molecular weight is 152 g/mol. The molecule has 0 fully saturated rings. The van der Waals surface area contributed by atoms with Crippen LogP contribution in [-0.4, -0.2) is 22.4 Å². The molecule has 9 heavy (non-hydrogen) atoms. The molecule has 5 nitrogen and oxygen atoms in total. The molecule has 0 saturated heterocycles. The number of hydrogen-bond acceptors (Lipinski definition) is 2. The van der Waals surface area contributed by atoms with Gasteiger partial charge < -0.3 is 26.3 Å². The Bertz CT molecular complexity index is 35.2. The second kappa shape index (κ2) is 40.2. The van der Waals surface area contributed by atoms with E-state index < -0.39 is 5.97 Å². The van der Waals surface area contributed by atoms with E-state index in [2.05, 4.69) is 0 Å². The van der Waals surface area contributed by atoms with E-state index >= 15 is 0 Å². The minimum absolute atomic E-state index is 0. The van der Waals surface area contributed by atoms with Gasteiger partial charge in [-0.05, 0) is 6.92 Å². The van der Waals surface area contributed by atoms with Crippen molar-refractivity contribution in [2.24, 2.45) is 0 Å². The molecule has 0 rings (SSSR count). The van der Waals surface area contributed by atoms with Gasteiger partial charge >= 0.3 is 29.6 Å². The third-order valence-corrected chi connectivity index (χ3v) is 0. The summed E-state index contributed by atoms with van der Waals surface area (Å²) < 4.78 is 0. The number of hydrogen-bond donors (Lipinski definition) is 0. The molecule has 0 aliphatic carbocycles. The molecular formula is C3H13NaO5. The summed E-state index contributed by atoms with van der Waals surface area (Å²) in [6, 6.07) is 0. The van der Waals surface area contributed by atoms with Crippen LogP contribution < -0.4 is 34.7 Å². The quantitative estimate of drug-likeness (QED) is 0.319. The monoisotopic (exact) mass is 152 g/mol. The average Bonchev–Trinajstić information content (AvgIpc) is 0.811. The van der Waals surface area contributed by atoms with Gasteiger partial charge in [0.2, 0.25) is 0 Å². The Kier molecular flexibility index (Phi) is 259. The molecule has 0 aromatic heterocycles. The topological polar surface area (TPSA) is 135 Å². The fraction of sp³-hybridized carbons (Fsp3) is 0.667. The molecule has 0 aliphatic rings. The number of carbonyl (C=O) groups is 1. The molecule has 0 aromatic rings. The summed E-state index contributed by atoms with van der Waals surface area (Å²) in [5, 5.41) is 8.89. The standard InChI is InChI=1S/C2H4O2.CH4.Na.3H2O/c1-2(3)4;;;;;/h1H3,(H,3,4);1H4;;3*1H2/q;;+1;;;/p-1. The van der Waals surface area contributed by atoms with Crippen molar-refractivity contribution in [3.8, 4) is 0 Å². The van der Waals surface area contributed by atoms with Gasteiger partial charge in [-0.15, -0.1) is 0 Å². The zero-order chi connectivity index (χ0) is 3.58. The predicted octanol–water partition coefficient (Wildman–Crippen LogP) is -6.08. The van der Waals surface area contributed by atoms with Crippen molar-refractivity contribution < 1.29 is 55.9 Å². The van der Waals surface area contributed by atoms with Crippen molar-refractivity contribution in [3.05, 3.63) is 0 Å². The molecule has 0 heterocycles. The van der Waals surface area contributed by atoms with Crippen molar-refractivity contribution in [1.29, 1.82) is 0 Å². The molecule has 0 spiro atoms. The fourth-order valence-electron chi connectivity index (χ4n) is 0. The zero-order valence-corrected chi connectivity index (χ0v) is 6.82. The first-order valence-electron chi connectivity index (χ1n) is 0.908.